The van der Waals surface area contributed by atoms with E-state index in [2.05, 4.69) is 0 Å². The van der Waals surface area contributed by atoms with Crippen LogP contribution in [0.3, 0.4) is 0 Å². The third-order valence-corrected chi connectivity index (χ3v) is 6.49. The van der Waals surface area contributed by atoms with E-state index in [1.165, 1.54) is 19.2 Å². The molecule has 162 valence electrons. The monoisotopic (exact) mass is 436 g/mol. The molecule has 2 fully saturated rings. The molecule has 8 nitrogen and oxygen atoms in total. The van der Waals surface area contributed by atoms with Gasteiger partial charge in [0.15, 0.2) is 18.7 Å². The number of aliphatic hydroxyl groups excluding tert-OH is 1. The molecule has 2 aromatic carbocycles. The molecule has 9 heteroatoms. The summed E-state index contributed by atoms with van der Waals surface area (Å²) in [6.07, 6.45) is -5.93. The summed E-state index contributed by atoms with van der Waals surface area (Å²) in [5, 5.41) is 11.0. The van der Waals surface area contributed by atoms with Crippen LogP contribution in [0.5, 0.6) is 0 Å². The van der Waals surface area contributed by atoms with Crippen LogP contribution < -0.4 is 0 Å². The van der Waals surface area contributed by atoms with Gasteiger partial charge < -0.3 is 24.1 Å². The van der Waals surface area contributed by atoms with Gasteiger partial charge >= 0.3 is 0 Å². The van der Waals surface area contributed by atoms with Gasteiger partial charge in [-0.2, -0.15) is 8.42 Å². The summed E-state index contributed by atoms with van der Waals surface area (Å²) in [6, 6.07) is 15.5. The van der Waals surface area contributed by atoms with Crippen LogP contribution in [0.15, 0.2) is 59.5 Å². The van der Waals surface area contributed by atoms with Gasteiger partial charge in [0, 0.05) is 12.7 Å². The second-order valence-corrected chi connectivity index (χ2v) is 8.85. The molecule has 0 aliphatic carbocycles. The maximum Gasteiger partial charge on any atom is 0.297 e. The quantitative estimate of drug-likeness (QED) is 0.710. The van der Waals surface area contributed by atoms with E-state index >= 15 is 0 Å². The zero-order valence-corrected chi connectivity index (χ0v) is 17.4. The molecule has 4 rings (SSSR count). The number of methoxy groups -OCH3 is 1. The Morgan fingerprint density at radius 1 is 1.03 bits per heavy atom. The topological polar surface area (TPSA) is 101 Å². The van der Waals surface area contributed by atoms with Crippen molar-refractivity contribution in [2.45, 2.75) is 48.8 Å². The molecule has 2 aliphatic rings. The predicted octanol–water partition coefficient (Wildman–Crippen LogP) is 1.92. The minimum Gasteiger partial charge on any atom is -0.387 e. The van der Waals surface area contributed by atoms with Crippen LogP contribution in [0, 0.1) is 6.92 Å². The molecule has 0 radical (unpaired) electrons. The molecule has 6 atom stereocenters. The second-order valence-electron chi connectivity index (χ2n) is 7.27. The lowest BCUT2D eigenvalue weighted by Crippen LogP contribution is -2.63. The Hall–Kier alpha value is -1.85. The van der Waals surface area contributed by atoms with Crippen molar-refractivity contribution in [3.8, 4) is 0 Å². The molecule has 2 aliphatic heterocycles. The summed E-state index contributed by atoms with van der Waals surface area (Å²) in [7, 11) is -2.81. The van der Waals surface area contributed by atoms with Gasteiger partial charge in [-0.05, 0) is 19.1 Å². The fraction of sp³-hybridized carbons (Fsp3) is 0.429. The molecule has 0 aromatic heterocycles. The van der Waals surface area contributed by atoms with Gasteiger partial charge in [0.05, 0.1) is 11.5 Å². The van der Waals surface area contributed by atoms with Crippen molar-refractivity contribution in [1.82, 2.24) is 0 Å². The summed E-state index contributed by atoms with van der Waals surface area (Å²) < 4.78 is 53.5. The first kappa shape index (κ1) is 21.4. The Morgan fingerprint density at radius 2 is 1.73 bits per heavy atom. The molecular formula is C21H24O8S. The van der Waals surface area contributed by atoms with E-state index in [1.807, 2.05) is 37.3 Å². The van der Waals surface area contributed by atoms with Crippen LogP contribution in [-0.2, 0) is 33.2 Å². The molecule has 0 bridgehead atoms. The third-order valence-electron chi connectivity index (χ3n) is 5.16. The molecule has 0 amide bonds. The first-order chi connectivity index (χ1) is 14.4. The van der Waals surface area contributed by atoms with E-state index in [4.69, 9.17) is 23.1 Å². The minimum atomic E-state index is -4.16. The van der Waals surface area contributed by atoms with Gasteiger partial charge in [0.25, 0.3) is 10.1 Å². The fourth-order valence-electron chi connectivity index (χ4n) is 3.55. The van der Waals surface area contributed by atoms with Crippen LogP contribution in [0.1, 0.15) is 17.4 Å². The minimum absolute atomic E-state index is 0.0210. The summed E-state index contributed by atoms with van der Waals surface area (Å²) >= 11 is 0. The SMILES string of the molecule is CO[C@H]1O[C@@H]2CO[C@H](c3ccccc3)O[C@@H]2[C@@H](O)[C@H]1OS(=O)(=O)c1ccc(C)cc1. The molecule has 0 saturated carbocycles. The van der Waals surface area contributed by atoms with Crippen LogP contribution >= 0.6 is 0 Å². The van der Waals surface area contributed by atoms with Crippen molar-refractivity contribution < 1.29 is 36.7 Å². The van der Waals surface area contributed by atoms with Crippen molar-refractivity contribution in [3.05, 3.63) is 65.7 Å². The van der Waals surface area contributed by atoms with E-state index in [1.54, 1.807) is 12.1 Å². The number of ether oxygens (including phenoxy) is 4. The van der Waals surface area contributed by atoms with Gasteiger partial charge in [0.2, 0.25) is 0 Å². The Morgan fingerprint density at radius 3 is 2.40 bits per heavy atom. The Balaban J connectivity index is 1.55. The number of hydrogen-bond donors (Lipinski definition) is 1. The maximum absolute atomic E-state index is 12.8. The van der Waals surface area contributed by atoms with Gasteiger partial charge in [-0.15, -0.1) is 0 Å². The number of rotatable bonds is 5. The lowest BCUT2D eigenvalue weighted by molar-refractivity contribution is -0.354. The Bertz CT molecular complexity index is 947. The zero-order valence-electron chi connectivity index (χ0n) is 16.6. The van der Waals surface area contributed by atoms with E-state index in [-0.39, 0.29) is 11.5 Å². The highest BCUT2D eigenvalue weighted by atomic mass is 32.2. The number of benzene rings is 2. The number of fused-ring (bicyclic) bond motifs is 1. The molecule has 0 spiro atoms. The van der Waals surface area contributed by atoms with Gasteiger partial charge in [0.1, 0.15) is 18.3 Å². The molecular weight excluding hydrogens is 412 g/mol. The molecule has 30 heavy (non-hydrogen) atoms. The van der Waals surface area contributed by atoms with Gasteiger partial charge in [-0.3, -0.25) is 4.18 Å². The highest BCUT2D eigenvalue weighted by molar-refractivity contribution is 7.86. The first-order valence-electron chi connectivity index (χ1n) is 9.57. The van der Waals surface area contributed by atoms with E-state index in [0.717, 1.165) is 11.1 Å². The summed E-state index contributed by atoms with van der Waals surface area (Å²) in [5.74, 6) is 0. The third kappa shape index (κ3) is 4.28. The molecule has 2 heterocycles. The van der Waals surface area contributed by atoms with Crippen LogP contribution in [-0.4, -0.2) is 57.9 Å². The van der Waals surface area contributed by atoms with E-state index < -0.39 is 47.1 Å². The van der Waals surface area contributed by atoms with E-state index in [9.17, 15) is 13.5 Å². The maximum atomic E-state index is 12.8. The van der Waals surface area contributed by atoms with E-state index in [0.29, 0.717) is 0 Å². The highest BCUT2D eigenvalue weighted by Crippen LogP contribution is 2.36. The predicted molar refractivity (Wildman–Crippen MR) is 105 cm³/mol. The highest BCUT2D eigenvalue weighted by Gasteiger charge is 2.51. The van der Waals surface area contributed by atoms with Crippen molar-refractivity contribution in [1.29, 1.82) is 0 Å². The Kier molecular flexibility index (Phi) is 6.21. The zero-order chi connectivity index (χ0) is 21.3. The number of hydrogen-bond acceptors (Lipinski definition) is 8. The van der Waals surface area contributed by atoms with Crippen molar-refractivity contribution in [3.63, 3.8) is 0 Å². The largest absolute Gasteiger partial charge is 0.387 e. The number of aryl methyl sites for hydroxylation is 1. The van der Waals surface area contributed by atoms with Crippen LogP contribution in [0.25, 0.3) is 0 Å². The Labute approximate surface area is 175 Å². The second kappa shape index (κ2) is 8.72. The standard InChI is InChI=1S/C21H24O8S/c1-13-8-10-15(11-9-13)30(23,24)29-19-17(22)18-16(27-21(19)25-2)12-26-20(28-18)14-6-4-3-5-7-14/h3-11,16-22H,12H2,1-2H3/t16-,17-,18+,19-,20+,21+/m1/s1. The van der Waals surface area contributed by atoms with Crippen LogP contribution in [0.4, 0.5) is 0 Å². The molecule has 1 N–H and O–H groups in total. The molecule has 2 aromatic rings. The van der Waals surface area contributed by atoms with Crippen LogP contribution in [0.2, 0.25) is 0 Å². The summed E-state index contributed by atoms with van der Waals surface area (Å²) in [6.45, 7) is 2.00. The average Bonchev–Trinajstić information content (AvgIpc) is 2.76. The van der Waals surface area contributed by atoms with Gasteiger partial charge in [-0.25, -0.2) is 0 Å². The lowest BCUT2D eigenvalue weighted by Gasteiger charge is -2.46. The molecule has 0 unspecified atom stereocenters. The molecule has 2 saturated heterocycles. The summed E-state index contributed by atoms with van der Waals surface area (Å²) in [5.41, 5.74) is 1.69. The van der Waals surface area contributed by atoms with Crippen molar-refractivity contribution in [2.75, 3.05) is 13.7 Å². The summed E-state index contributed by atoms with van der Waals surface area (Å²) in [4.78, 5) is -0.0210. The smallest absolute Gasteiger partial charge is 0.297 e. The van der Waals surface area contributed by atoms with Crippen molar-refractivity contribution in [2.24, 2.45) is 0 Å². The van der Waals surface area contributed by atoms with Gasteiger partial charge in [-0.1, -0.05) is 48.0 Å². The average molecular weight is 436 g/mol. The van der Waals surface area contributed by atoms with Crippen molar-refractivity contribution >= 4 is 10.1 Å². The fourth-order valence-corrected chi connectivity index (χ4v) is 4.62. The number of aliphatic hydroxyl groups is 1. The normalized spacial score (nSPS) is 31.8. The lowest BCUT2D eigenvalue weighted by atomic mass is 9.98. The first-order valence-corrected chi connectivity index (χ1v) is 11.0.